The first-order chi connectivity index (χ1) is 13.0. The van der Waals surface area contributed by atoms with Gasteiger partial charge in [-0.15, -0.1) is 0 Å². The second-order valence-corrected chi connectivity index (χ2v) is 7.37. The van der Waals surface area contributed by atoms with Gasteiger partial charge in [0.15, 0.2) is 12.4 Å². The van der Waals surface area contributed by atoms with Crippen molar-refractivity contribution in [1.29, 1.82) is 0 Å². The van der Waals surface area contributed by atoms with Crippen molar-refractivity contribution < 1.29 is 33.9 Å². The van der Waals surface area contributed by atoms with Crippen LogP contribution in [0.15, 0.2) is 24.3 Å². The lowest BCUT2D eigenvalue weighted by atomic mass is 10.1. The van der Waals surface area contributed by atoms with Crippen molar-refractivity contribution in [2.75, 3.05) is 13.2 Å². The van der Waals surface area contributed by atoms with E-state index >= 15 is 0 Å². The Hall–Kier alpha value is -3.01. The van der Waals surface area contributed by atoms with Gasteiger partial charge >= 0.3 is 12.1 Å². The van der Waals surface area contributed by atoms with Gasteiger partial charge in [-0.05, 0) is 32.9 Å². The Kier molecular flexibility index (Phi) is 6.34. The Morgan fingerprint density at radius 2 is 1.86 bits per heavy atom. The summed E-state index contributed by atoms with van der Waals surface area (Å²) < 4.78 is 10.2. The van der Waals surface area contributed by atoms with E-state index in [9.17, 15) is 29.6 Å². The normalized spacial score (nSPS) is 19.2. The third-order valence-electron chi connectivity index (χ3n) is 3.92. The number of carbonyl (C=O) groups is 3. The molecule has 10 heteroatoms. The molecule has 1 amide bonds. The smallest absolute Gasteiger partial charge is 0.411 e. The lowest BCUT2D eigenvalue weighted by Gasteiger charge is -2.27. The number of rotatable bonds is 5. The minimum Gasteiger partial charge on any atom is -0.456 e. The molecule has 0 aliphatic carbocycles. The van der Waals surface area contributed by atoms with Crippen LogP contribution in [0.1, 0.15) is 37.6 Å². The zero-order chi connectivity index (χ0) is 21.1. The molecular weight excluding hydrogens is 372 g/mol. The molecule has 2 rings (SSSR count). The van der Waals surface area contributed by atoms with Gasteiger partial charge in [-0.1, -0.05) is 0 Å². The van der Waals surface area contributed by atoms with Crippen molar-refractivity contribution in [2.24, 2.45) is 0 Å². The zero-order valence-corrected chi connectivity index (χ0v) is 15.8. The van der Waals surface area contributed by atoms with Gasteiger partial charge in [0, 0.05) is 24.1 Å². The molecule has 1 heterocycles. The summed E-state index contributed by atoms with van der Waals surface area (Å²) in [5.41, 5.74) is -0.791. The molecule has 0 radical (unpaired) electrons. The maximum Gasteiger partial charge on any atom is 0.411 e. The second-order valence-electron chi connectivity index (χ2n) is 7.37. The third-order valence-corrected chi connectivity index (χ3v) is 3.92. The highest BCUT2D eigenvalue weighted by Gasteiger charge is 2.42. The summed E-state index contributed by atoms with van der Waals surface area (Å²) in [7, 11) is 0. The summed E-state index contributed by atoms with van der Waals surface area (Å²) in [5.74, 6) is -1.39. The molecule has 1 aromatic rings. The number of nitro benzene ring substituents is 1. The Morgan fingerprint density at radius 1 is 1.25 bits per heavy atom. The lowest BCUT2D eigenvalue weighted by Crippen LogP contribution is -2.44. The van der Waals surface area contributed by atoms with Crippen LogP contribution in [0.5, 0.6) is 0 Å². The summed E-state index contributed by atoms with van der Waals surface area (Å²) in [4.78, 5) is 47.8. The van der Waals surface area contributed by atoms with Gasteiger partial charge < -0.3 is 14.6 Å². The van der Waals surface area contributed by atoms with Crippen molar-refractivity contribution in [3.8, 4) is 0 Å². The van der Waals surface area contributed by atoms with Gasteiger partial charge in [-0.25, -0.2) is 9.59 Å². The monoisotopic (exact) mass is 394 g/mol. The Balaban J connectivity index is 1.97. The molecule has 0 spiro atoms. The summed E-state index contributed by atoms with van der Waals surface area (Å²) >= 11 is 0. The van der Waals surface area contributed by atoms with E-state index in [2.05, 4.69) is 0 Å². The molecule has 1 aliphatic rings. The molecule has 1 fully saturated rings. The van der Waals surface area contributed by atoms with E-state index < -0.39 is 47.1 Å². The molecule has 28 heavy (non-hydrogen) atoms. The van der Waals surface area contributed by atoms with Crippen LogP contribution in [0.3, 0.4) is 0 Å². The first kappa shape index (κ1) is 21.3. The minimum atomic E-state index is -1.06. The highest BCUT2D eigenvalue weighted by molar-refractivity contribution is 5.98. The first-order valence-corrected chi connectivity index (χ1v) is 8.60. The van der Waals surface area contributed by atoms with E-state index in [1.54, 1.807) is 20.8 Å². The van der Waals surface area contributed by atoms with Gasteiger partial charge in [0.1, 0.15) is 11.6 Å². The maximum absolute atomic E-state index is 12.3. The second kappa shape index (κ2) is 8.34. The molecule has 152 valence electrons. The molecule has 0 bridgehead atoms. The number of aliphatic hydroxyl groups is 1. The van der Waals surface area contributed by atoms with Gasteiger partial charge in [0.2, 0.25) is 0 Å². The van der Waals surface area contributed by atoms with E-state index in [-0.39, 0.29) is 24.2 Å². The number of carbonyl (C=O) groups excluding carboxylic acids is 3. The molecule has 0 saturated carbocycles. The molecule has 2 atom stereocenters. The topological polar surface area (TPSA) is 136 Å². The third kappa shape index (κ3) is 5.49. The SMILES string of the molecule is CC(C)(C)OC(=O)N1C[C@H](O)C[C@@H]1C(=O)OCC(=O)c1ccc([N+](=O)[O-])cc1. The number of amides is 1. The molecule has 1 aromatic carbocycles. The minimum absolute atomic E-state index is 0.0240. The van der Waals surface area contributed by atoms with E-state index in [4.69, 9.17) is 9.47 Å². The quantitative estimate of drug-likeness (QED) is 0.345. The van der Waals surface area contributed by atoms with E-state index in [0.29, 0.717) is 0 Å². The number of ether oxygens (including phenoxy) is 2. The number of nitrogens with zero attached hydrogens (tertiary/aromatic N) is 2. The Labute approximate surface area is 161 Å². The number of esters is 1. The number of benzene rings is 1. The summed E-state index contributed by atoms with van der Waals surface area (Å²) in [6.07, 6.45) is -1.69. The zero-order valence-electron chi connectivity index (χ0n) is 15.8. The van der Waals surface area contributed by atoms with Gasteiger partial charge in [0.25, 0.3) is 5.69 Å². The van der Waals surface area contributed by atoms with Crippen molar-refractivity contribution in [1.82, 2.24) is 4.90 Å². The Bertz CT molecular complexity index is 769. The summed E-state index contributed by atoms with van der Waals surface area (Å²) in [5, 5.41) is 20.4. The van der Waals surface area contributed by atoms with E-state index in [1.807, 2.05) is 0 Å². The average molecular weight is 394 g/mol. The van der Waals surface area contributed by atoms with Crippen LogP contribution in [-0.4, -0.2) is 63.7 Å². The number of hydrogen-bond acceptors (Lipinski definition) is 8. The largest absolute Gasteiger partial charge is 0.456 e. The molecule has 1 N–H and O–H groups in total. The van der Waals surface area contributed by atoms with Crippen molar-refractivity contribution in [3.05, 3.63) is 39.9 Å². The fourth-order valence-electron chi connectivity index (χ4n) is 2.64. The fourth-order valence-corrected chi connectivity index (χ4v) is 2.64. The number of nitro groups is 1. The number of ketones is 1. The molecule has 1 aliphatic heterocycles. The van der Waals surface area contributed by atoms with Crippen LogP contribution < -0.4 is 0 Å². The van der Waals surface area contributed by atoms with Crippen molar-refractivity contribution >= 4 is 23.5 Å². The highest BCUT2D eigenvalue weighted by atomic mass is 16.6. The number of likely N-dealkylation sites (tertiary alicyclic amines) is 1. The van der Waals surface area contributed by atoms with Crippen molar-refractivity contribution in [2.45, 2.75) is 44.9 Å². The molecule has 0 unspecified atom stereocenters. The lowest BCUT2D eigenvalue weighted by molar-refractivity contribution is -0.384. The average Bonchev–Trinajstić information content (AvgIpc) is 3.00. The fraction of sp³-hybridized carbons (Fsp3) is 0.500. The van der Waals surface area contributed by atoms with Crippen LogP contribution >= 0.6 is 0 Å². The van der Waals surface area contributed by atoms with Crippen LogP contribution in [0.2, 0.25) is 0 Å². The van der Waals surface area contributed by atoms with Crippen LogP contribution in [0.4, 0.5) is 10.5 Å². The van der Waals surface area contributed by atoms with Crippen molar-refractivity contribution in [3.63, 3.8) is 0 Å². The van der Waals surface area contributed by atoms with E-state index in [1.165, 1.54) is 24.3 Å². The predicted octanol–water partition coefficient (Wildman–Crippen LogP) is 1.69. The summed E-state index contributed by atoms with van der Waals surface area (Å²) in [6.45, 7) is 4.35. The van der Waals surface area contributed by atoms with Gasteiger partial charge in [-0.2, -0.15) is 0 Å². The standard InChI is InChI=1S/C18H22N2O8/c1-18(2,3)28-17(24)19-9-13(21)8-14(19)16(23)27-10-15(22)11-4-6-12(7-5-11)20(25)26/h4-7,13-14,21H,8-10H2,1-3H3/t13-,14-/m1/s1. The number of hydrogen-bond donors (Lipinski definition) is 1. The van der Waals surface area contributed by atoms with E-state index in [0.717, 1.165) is 4.90 Å². The summed E-state index contributed by atoms with van der Waals surface area (Å²) in [6, 6.07) is 3.81. The van der Waals surface area contributed by atoms with Gasteiger partial charge in [0.05, 0.1) is 17.6 Å². The number of β-amino-alcohol motifs (C(OH)–C–C–N with tert-alkyl or cyclic N) is 1. The number of non-ortho nitro benzene ring substituents is 1. The number of Topliss-reactive ketones (excluding diaryl/α,β-unsaturated/α-hetero) is 1. The number of aliphatic hydroxyl groups excluding tert-OH is 1. The van der Waals surface area contributed by atoms with Crippen LogP contribution in [0, 0.1) is 10.1 Å². The first-order valence-electron chi connectivity index (χ1n) is 8.60. The van der Waals surface area contributed by atoms with Gasteiger partial charge in [-0.3, -0.25) is 19.8 Å². The highest BCUT2D eigenvalue weighted by Crippen LogP contribution is 2.22. The molecule has 1 saturated heterocycles. The van der Waals surface area contributed by atoms with Crippen LogP contribution in [-0.2, 0) is 14.3 Å². The predicted molar refractivity (Wildman–Crippen MR) is 95.7 cm³/mol. The van der Waals surface area contributed by atoms with Crippen LogP contribution in [0.25, 0.3) is 0 Å². The maximum atomic E-state index is 12.3. The Morgan fingerprint density at radius 3 is 2.39 bits per heavy atom. The molecule has 10 nitrogen and oxygen atoms in total. The molecular formula is C18H22N2O8. The molecule has 0 aromatic heterocycles.